The summed E-state index contributed by atoms with van der Waals surface area (Å²) in [6, 6.07) is 8.73. The largest absolute Gasteiger partial charge is 0.309 e. The van der Waals surface area contributed by atoms with E-state index in [0.29, 0.717) is 0 Å². The number of rotatable bonds is 3. The lowest BCUT2D eigenvalue weighted by atomic mass is 9.92. The molecule has 0 radical (unpaired) electrons. The van der Waals surface area contributed by atoms with Crippen LogP contribution in [0.5, 0.6) is 0 Å². The van der Waals surface area contributed by atoms with Gasteiger partial charge in [-0.25, -0.2) is 0 Å². The molecule has 0 saturated heterocycles. The van der Waals surface area contributed by atoms with E-state index in [-0.39, 0.29) is 6.04 Å². The van der Waals surface area contributed by atoms with Crippen LogP contribution >= 0.6 is 0 Å². The minimum Gasteiger partial charge on any atom is -0.309 e. The van der Waals surface area contributed by atoms with E-state index in [1.54, 1.807) is 0 Å². The molecule has 1 unspecified atom stereocenters. The molecule has 0 saturated carbocycles. The first-order chi connectivity index (χ1) is 8.65. The molecule has 1 aromatic heterocycles. The summed E-state index contributed by atoms with van der Waals surface area (Å²) in [6.07, 6.45) is 3.80. The molecule has 0 spiro atoms. The van der Waals surface area contributed by atoms with Crippen LogP contribution in [0, 0.1) is 20.8 Å². The van der Waals surface area contributed by atoms with E-state index < -0.39 is 0 Å². The van der Waals surface area contributed by atoms with Gasteiger partial charge in [0, 0.05) is 12.4 Å². The second-order valence-electron chi connectivity index (χ2n) is 4.74. The number of hydrogen-bond acceptors (Lipinski definition) is 2. The number of hydrogen-bond donors (Lipinski definition) is 1. The molecule has 0 bridgehead atoms. The fourth-order valence-electron chi connectivity index (χ4n) is 2.34. The number of aromatic nitrogens is 1. The predicted octanol–water partition coefficient (Wildman–Crippen LogP) is 3.32. The Morgan fingerprint density at radius 3 is 2.44 bits per heavy atom. The Balaban J connectivity index is 2.53. The molecular formula is C16H20N2. The Morgan fingerprint density at radius 2 is 1.78 bits per heavy atom. The maximum atomic E-state index is 4.25. The fourth-order valence-corrected chi connectivity index (χ4v) is 2.34. The third kappa shape index (κ3) is 2.29. The van der Waals surface area contributed by atoms with Crippen molar-refractivity contribution in [2.24, 2.45) is 0 Å². The maximum absolute atomic E-state index is 4.25. The van der Waals surface area contributed by atoms with Gasteiger partial charge in [-0.3, -0.25) is 4.98 Å². The quantitative estimate of drug-likeness (QED) is 0.890. The lowest BCUT2D eigenvalue weighted by molar-refractivity contribution is 0.679. The van der Waals surface area contributed by atoms with E-state index >= 15 is 0 Å². The summed E-state index contributed by atoms with van der Waals surface area (Å²) < 4.78 is 0. The molecule has 18 heavy (non-hydrogen) atoms. The predicted molar refractivity (Wildman–Crippen MR) is 75.8 cm³/mol. The number of pyridine rings is 1. The Bertz CT molecular complexity index is 547. The maximum Gasteiger partial charge on any atom is 0.0594 e. The summed E-state index contributed by atoms with van der Waals surface area (Å²) in [7, 11) is 2.00. The molecular weight excluding hydrogens is 220 g/mol. The van der Waals surface area contributed by atoms with Gasteiger partial charge >= 0.3 is 0 Å². The zero-order valence-electron chi connectivity index (χ0n) is 11.5. The van der Waals surface area contributed by atoms with Crippen LogP contribution in [0.25, 0.3) is 0 Å². The third-order valence-electron chi connectivity index (χ3n) is 3.64. The molecule has 0 aliphatic carbocycles. The molecule has 2 heteroatoms. The SMILES string of the molecule is CNC(c1cnccc1C)c1cccc(C)c1C. The summed E-state index contributed by atoms with van der Waals surface area (Å²) in [5, 5.41) is 3.40. The standard InChI is InChI=1S/C16H20N2/c1-11-6-5-7-14(13(11)3)16(17-4)15-10-18-9-8-12(15)2/h5-10,16-17H,1-4H3. The normalized spacial score (nSPS) is 12.4. The van der Waals surface area contributed by atoms with E-state index in [9.17, 15) is 0 Å². The van der Waals surface area contributed by atoms with E-state index in [1.165, 1.54) is 27.8 Å². The van der Waals surface area contributed by atoms with Crippen LogP contribution < -0.4 is 5.32 Å². The summed E-state index contributed by atoms with van der Waals surface area (Å²) in [4.78, 5) is 4.25. The van der Waals surface area contributed by atoms with Crippen LogP contribution in [-0.2, 0) is 0 Å². The van der Waals surface area contributed by atoms with E-state index in [1.807, 2.05) is 19.4 Å². The smallest absolute Gasteiger partial charge is 0.0594 e. The van der Waals surface area contributed by atoms with Gasteiger partial charge in [-0.2, -0.15) is 0 Å². The van der Waals surface area contributed by atoms with Gasteiger partial charge in [0.05, 0.1) is 6.04 Å². The van der Waals surface area contributed by atoms with Crippen molar-refractivity contribution in [3.63, 3.8) is 0 Å². The van der Waals surface area contributed by atoms with Gasteiger partial charge in [-0.05, 0) is 61.7 Å². The number of benzene rings is 1. The number of aryl methyl sites for hydroxylation is 2. The van der Waals surface area contributed by atoms with Crippen LogP contribution in [0.2, 0.25) is 0 Å². The Labute approximate surface area is 109 Å². The minimum absolute atomic E-state index is 0.207. The molecule has 0 fully saturated rings. The highest BCUT2D eigenvalue weighted by Crippen LogP contribution is 2.27. The van der Waals surface area contributed by atoms with E-state index in [4.69, 9.17) is 0 Å². The van der Waals surface area contributed by atoms with Crippen LogP contribution in [0.3, 0.4) is 0 Å². The topological polar surface area (TPSA) is 24.9 Å². The van der Waals surface area contributed by atoms with Gasteiger partial charge in [0.2, 0.25) is 0 Å². The van der Waals surface area contributed by atoms with Crippen molar-refractivity contribution in [1.82, 2.24) is 10.3 Å². The zero-order valence-corrected chi connectivity index (χ0v) is 11.5. The fraction of sp³-hybridized carbons (Fsp3) is 0.312. The summed E-state index contributed by atoms with van der Waals surface area (Å²) in [5.41, 5.74) is 6.52. The third-order valence-corrected chi connectivity index (χ3v) is 3.64. The van der Waals surface area contributed by atoms with Crippen LogP contribution in [0.4, 0.5) is 0 Å². The van der Waals surface area contributed by atoms with Crippen molar-refractivity contribution >= 4 is 0 Å². The second-order valence-corrected chi connectivity index (χ2v) is 4.74. The minimum atomic E-state index is 0.207. The van der Waals surface area contributed by atoms with Gasteiger partial charge < -0.3 is 5.32 Å². The van der Waals surface area contributed by atoms with Gasteiger partial charge in [-0.15, -0.1) is 0 Å². The van der Waals surface area contributed by atoms with E-state index in [2.05, 4.69) is 55.3 Å². The molecule has 2 rings (SSSR count). The van der Waals surface area contributed by atoms with Crippen molar-refractivity contribution in [2.45, 2.75) is 26.8 Å². The molecule has 94 valence electrons. The van der Waals surface area contributed by atoms with Gasteiger partial charge in [0.25, 0.3) is 0 Å². The molecule has 0 aliphatic rings. The summed E-state index contributed by atoms with van der Waals surface area (Å²) in [6.45, 7) is 6.47. The van der Waals surface area contributed by atoms with Gasteiger partial charge in [0.1, 0.15) is 0 Å². The highest BCUT2D eigenvalue weighted by atomic mass is 14.9. The summed E-state index contributed by atoms with van der Waals surface area (Å²) in [5.74, 6) is 0. The van der Waals surface area contributed by atoms with Crippen molar-refractivity contribution in [3.05, 3.63) is 64.5 Å². The average Bonchev–Trinajstić information content (AvgIpc) is 2.37. The Morgan fingerprint density at radius 1 is 1.00 bits per heavy atom. The Hall–Kier alpha value is -1.67. The summed E-state index contributed by atoms with van der Waals surface area (Å²) >= 11 is 0. The van der Waals surface area contributed by atoms with Crippen molar-refractivity contribution in [2.75, 3.05) is 7.05 Å². The molecule has 0 amide bonds. The number of nitrogens with one attached hydrogen (secondary N) is 1. The molecule has 1 heterocycles. The monoisotopic (exact) mass is 240 g/mol. The first-order valence-corrected chi connectivity index (χ1v) is 6.29. The molecule has 1 aromatic carbocycles. The van der Waals surface area contributed by atoms with Crippen molar-refractivity contribution in [3.8, 4) is 0 Å². The van der Waals surface area contributed by atoms with Crippen LogP contribution in [-0.4, -0.2) is 12.0 Å². The van der Waals surface area contributed by atoms with Gasteiger partial charge in [0.15, 0.2) is 0 Å². The first-order valence-electron chi connectivity index (χ1n) is 6.29. The lowest BCUT2D eigenvalue weighted by Gasteiger charge is -2.21. The Kier molecular flexibility index (Phi) is 3.78. The zero-order chi connectivity index (χ0) is 13.1. The highest BCUT2D eigenvalue weighted by molar-refractivity contribution is 5.41. The van der Waals surface area contributed by atoms with Crippen molar-refractivity contribution < 1.29 is 0 Å². The molecule has 1 atom stereocenters. The highest BCUT2D eigenvalue weighted by Gasteiger charge is 2.16. The second kappa shape index (κ2) is 5.32. The van der Waals surface area contributed by atoms with Crippen molar-refractivity contribution in [1.29, 1.82) is 0 Å². The lowest BCUT2D eigenvalue weighted by Crippen LogP contribution is -2.20. The molecule has 0 aliphatic heterocycles. The van der Waals surface area contributed by atoms with Gasteiger partial charge in [-0.1, -0.05) is 18.2 Å². The van der Waals surface area contributed by atoms with E-state index in [0.717, 1.165) is 0 Å². The average molecular weight is 240 g/mol. The molecule has 2 aromatic rings. The van der Waals surface area contributed by atoms with Crippen LogP contribution in [0.1, 0.15) is 33.9 Å². The molecule has 2 nitrogen and oxygen atoms in total. The van der Waals surface area contributed by atoms with Crippen LogP contribution in [0.15, 0.2) is 36.7 Å². The first kappa shape index (κ1) is 12.8. The molecule has 1 N–H and O–H groups in total. The number of nitrogens with zero attached hydrogens (tertiary/aromatic N) is 1.